The Kier molecular flexibility index (Phi) is 4.20. The predicted octanol–water partition coefficient (Wildman–Crippen LogP) is 2.09. The van der Waals surface area contributed by atoms with Gasteiger partial charge >= 0.3 is 0 Å². The van der Waals surface area contributed by atoms with Crippen LogP contribution in [0.2, 0.25) is 0 Å². The molecule has 2 N–H and O–H groups in total. The summed E-state index contributed by atoms with van der Waals surface area (Å²) in [6, 6.07) is 5.99. The highest BCUT2D eigenvalue weighted by Gasteiger charge is 2.03. The summed E-state index contributed by atoms with van der Waals surface area (Å²) in [5.74, 6) is 6.69. The Bertz CT molecular complexity index is 385. The monoisotopic (exact) mass is 203 g/mol. The van der Waals surface area contributed by atoms with E-state index in [1.165, 1.54) is 5.56 Å². The largest absolute Gasteiger partial charge is 0.490 e. The van der Waals surface area contributed by atoms with Gasteiger partial charge in [-0.25, -0.2) is 0 Å². The average Bonchev–Trinajstić information content (AvgIpc) is 2.18. The molecule has 1 aromatic carbocycles. The minimum Gasteiger partial charge on any atom is -0.490 e. The van der Waals surface area contributed by atoms with Crippen LogP contribution in [0.4, 0.5) is 0 Å². The maximum absolute atomic E-state index is 5.65. The van der Waals surface area contributed by atoms with E-state index in [0.717, 1.165) is 11.3 Å². The lowest BCUT2D eigenvalue weighted by molar-refractivity contribution is 0.241. The summed E-state index contributed by atoms with van der Waals surface area (Å²) in [4.78, 5) is 0. The van der Waals surface area contributed by atoms with Crippen LogP contribution in [0, 0.1) is 18.8 Å². The van der Waals surface area contributed by atoms with Crippen molar-refractivity contribution in [1.82, 2.24) is 0 Å². The van der Waals surface area contributed by atoms with Crippen LogP contribution in [0.3, 0.4) is 0 Å². The average molecular weight is 203 g/mol. The van der Waals surface area contributed by atoms with Crippen molar-refractivity contribution >= 4 is 0 Å². The predicted molar refractivity (Wildman–Crippen MR) is 62.9 cm³/mol. The van der Waals surface area contributed by atoms with Crippen molar-refractivity contribution in [3.8, 4) is 17.6 Å². The minimum atomic E-state index is 0.158. The second kappa shape index (κ2) is 5.43. The molecule has 0 radical (unpaired) electrons. The highest BCUT2D eigenvalue weighted by Crippen LogP contribution is 2.20. The molecule has 80 valence electrons. The number of benzene rings is 1. The molecule has 0 spiro atoms. The lowest BCUT2D eigenvalue weighted by Gasteiger charge is -2.11. The summed E-state index contributed by atoms with van der Waals surface area (Å²) in [5, 5.41) is 0. The zero-order valence-electron chi connectivity index (χ0n) is 9.50. The first-order chi connectivity index (χ1) is 7.13. The van der Waals surface area contributed by atoms with Gasteiger partial charge in [-0.15, -0.1) is 0 Å². The molecule has 1 aromatic rings. The first-order valence-electron chi connectivity index (χ1n) is 5.09. The van der Waals surface area contributed by atoms with Crippen LogP contribution in [-0.4, -0.2) is 12.6 Å². The molecule has 0 heterocycles. The van der Waals surface area contributed by atoms with Crippen molar-refractivity contribution < 1.29 is 4.74 Å². The molecule has 0 bridgehead atoms. The summed E-state index contributed by atoms with van der Waals surface area (Å²) in [6.45, 7) is 6.40. The van der Waals surface area contributed by atoms with Gasteiger partial charge in [-0.2, -0.15) is 0 Å². The highest BCUT2D eigenvalue weighted by molar-refractivity contribution is 5.48. The molecule has 0 fully saturated rings. The van der Waals surface area contributed by atoms with Gasteiger partial charge in [0.05, 0.1) is 18.2 Å². The Morgan fingerprint density at radius 1 is 1.40 bits per heavy atom. The molecule has 0 unspecified atom stereocenters. The van der Waals surface area contributed by atoms with Gasteiger partial charge in [-0.1, -0.05) is 17.9 Å². The fourth-order valence-corrected chi connectivity index (χ4v) is 1.24. The van der Waals surface area contributed by atoms with Crippen LogP contribution < -0.4 is 10.5 Å². The maximum Gasteiger partial charge on any atom is 0.135 e. The molecule has 15 heavy (non-hydrogen) atoms. The van der Waals surface area contributed by atoms with Crippen LogP contribution in [-0.2, 0) is 0 Å². The Morgan fingerprint density at radius 2 is 2.13 bits per heavy atom. The molecule has 0 aliphatic rings. The fraction of sp³-hybridized carbons (Fsp3) is 0.385. The summed E-state index contributed by atoms with van der Waals surface area (Å²) in [7, 11) is 0. The molecular formula is C13H17NO. The molecule has 0 amide bonds. The van der Waals surface area contributed by atoms with E-state index in [2.05, 4.69) is 11.8 Å². The zero-order chi connectivity index (χ0) is 11.3. The molecule has 2 heteroatoms. The third-order valence-corrected chi connectivity index (χ3v) is 1.82. The smallest absolute Gasteiger partial charge is 0.135 e. The summed E-state index contributed by atoms with van der Waals surface area (Å²) in [6.07, 6.45) is 0.158. The van der Waals surface area contributed by atoms with E-state index in [1.807, 2.05) is 39.0 Å². The third-order valence-electron chi connectivity index (χ3n) is 1.82. The SMILES string of the molecule is Cc1ccc(OC(C)C)c(C#CCN)c1. The van der Waals surface area contributed by atoms with Crippen molar-refractivity contribution in [1.29, 1.82) is 0 Å². The maximum atomic E-state index is 5.65. The normalized spacial score (nSPS) is 9.67. The van der Waals surface area contributed by atoms with Gasteiger partial charge in [0.1, 0.15) is 5.75 Å². The molecule has 0 aliphatic heterocycles. The first-order valence-corrected chi connectivity index (χ1v) is 5.09. The number of aryl methyl sites for hydroxylation is 1. The van der Waals surface area contributed by atoms with E-state index >= 15 is 0 Å². The van der Waals surface area contributed by atoms with Gasteiger partial charge in [0.15, 0.2) is 0 Å². The van der Waals surface area contributed by atoms with Crippen LogP contribution in [0.5, 0.6) is 5.75 Å². The lowest BCUT2D eigenvalue weighted by atomic mass is 10.1. The molecule has 0 aromatic heterocycles. The third kappa shape index (κ3) is 3.65. The van der Waals surface area contributed by atoms with E-state index in [0.29, 0.717) is 6.54 Å². The number of nitrogens with two attached hydrogens (primary N) is 1. The van der Waals surface area contributed by atoms with Crippen LogP contribution in [0.15, 0.2) is 18.2 Å². The van der Waals surface area contributed by atoms with Crippen LogP contribution in [0.1, 0.15) is 25.0 Å². The number of hydrogen-bond donors (Lipinski definition) is 1. The summed E-state index contributed by atoms with van der Waals surface area (Å²) >= 11 is 0. The molecule has 2 nitrogen and oxygen atoms in total. The highest BCUT2D eigenvalue weighted by atomic mass is 16.5. The van der Waals surface area contributed by atoms with Crippen LogP contribution in [0.25, 0.3) is 0 Å². The topological polar surface area (TPSA) is 35.2 Å². The number of rotatable bonds is 2. The van der Waals surface area contributed by atoms with E-state index in [1.54, 1.807) is 0 Å². The second-order valence-corrected chi connectivity index (χ2v) is 3.67. The quantitative estimate of drug-likeness (QED) is 0.747. The van der Waals surface area contributed by atoms with Crippen molar-refractivity contribution in [3.05, 3.63) is 29.3 Å². The standard InChI is InChI=1S/C13H17NO/c1-10(2)15-13-7-6-11(3)9-12(13)5-4-8-14/h6-7,9-10H,8,14H2,1-3H3. The van der Waals surface area contributed by atoms with Crippen LogP contribution >= 0.6 is 0 Å². The molecule has 0 atom stereocenters. The Labute approximate surface area is 91.4 Å². The molecule has 0 saturated carbocycles. The van der Waals surface area contributed by atoms with Gasteiger partial charge < -0.3 is 10.5 Å². The lowest BCUT2D eigenvalue weighted by Crippen LogP contribution is -2.07. The Morgan fingerprint density at radius 3 is 2.73 bits per heavy atom. The van der Waals surface area contributed by atoms with E-state index in [-0.39, 0.29) is 6.10 Å². The van der Waals surface area contributed by atoms with Gasteiger partial charge in [-0.3, -0.25) is 0 Å². The molecule has 0 saturated heterocycles. The molecular weight excluding hydrogens is 186 g/mol. The minimum absolute atomic E-state index is 0.158. The first kappa shape index (κ1) is 11.6. The van der Waals surface area contributed by atoms with Crippen molar-refractivity contribution in [2.45, 2.75) is 26.9 Å². The second-order valence-electron chi connectivity index (χ2n) is 3.67. The van der Waals surface area contributed by atoms with E-state index in [4.69, 9.17) is 10.5 Å². The van der Waals surface area contributed by atoms with Gasteiger partial charge in [0.2, 0.25) is 0 Å². The van der Waals surface area contributed by atoms with Gasteiger partial charge in [0, 0.05) is 0 Å². The van der Waals surface area contributed by atoms with E-state index < -0.39 is 0 Å². The Hall–Kier alpha value is -1.46. The van der Waals surface area contributed by atoms with Gasteiger partial charge in [0.25, 0.3) is 0 Å². The van der Waals surface area contributed by atoms with Gasteiger partial charge in [-0.05, 0) is 38.5 Å². The van der Waals surface area contributed by atoms with Crippen molar-refractivity contribution in [3.63, 3.8) is 0 Å². The van der Waals surface area contributed by atoms with E-state index in [9.17, 15) is 0 Å². The molecule has 0 aliphatic carbocycles. The Balaban J connectivity index is 3.03. The van der Waals surface area contributed by atoms with Crippen molar-refractivity contribution in [2.24, 2.45) is 5.73 Å². The summed E-state index contributed by atoms with van der Waals surface area (Å²) < 4.78 is 5.65. The molecule has 1 rings (SSSR count). The van der Waals surface area contributed by atoms with Crippen molar-refractivity contribution in [2.75, 3.05) is 6.54 Å². The number of hydrogen-bond acceptors (Lipinski definition) is 2. The number of ether oxygens (including phenoxy) is 1. The fourth-order valence-electron chi connectivity index (χ4n) is 1.24. The zero-order valence-corrected chi connectivity index (χ0v) is 9.50. The summed E-state index contributed by atoms with van der Waals surface area (Å²) in [5.41, 5.74) is 7.44.